The first-order valence-corrected chi connectivity index (χ1v) is 6.66. The van der Waals surface area contributed by atoms with Gasteiger partial charge in [-0.2, -0.15) is 0 Å². The molecule has 5 heteroatoms. The average Bonchev–Trinajstić information content (AvgIpc) is 2.92. The first-order chi connectivity index (χ1) is 9.29. The summed E-state index contributed by atoms with van der Waals surface area (Å²) in [5.41, 5.74) is 1.16. The second-order valence-electron chi connectivity index (χ2n) is 4.30. The molecule has 1 aromatic carbocycles. The summed E-state index contributed by atoms with van der Waals surface area (Å²) >= 11 is 6.07. The first kappa shape index (κ1) is 13.9. The van der Waals surface area contributed by atoms with Gasteiger partial charge in [-0.25, -0.2) is 4.98 Å². The van der Waals surface area contributed by atoms with Gasteiger partial charge in [0.25, 0.3) is 0 Å². The van der Waals surface area contributed by atoms with Gasteiger partial charge in [0.1, 0.15) is 5.75 Å². The predicted molar refractivity (Wildman–Crippen MR) is 76.6 cm³/mol. The first-order valence-electron chi connectivity index (χ1n) is 6.28. The Morgan fingerprint density at radius 3 is 3.00 bits per heavy atom. The van der Waals surface area contributed by atoms with Gasteiger partial charge in [-0.1, -0.05) is 17.7 Å². The largest absolute Gasteiger partial charge is 0.495 e. The van der Waals surface area contributed by atoms with Gasteiger partial charge in [0.15, 0.2) is 0 Å². The van der Waals surface area contributed by atoms with E-state index in [-0.39, 0.29) is 0 Å². The molecule has 2 aromatic rings. The zero-order valence-corrected chi connectivity index (χ0v) is 11.7. The number of aromatic nitrogens is 2. The van der Waals surface area contributed by atoms with Crippen LogP contribution in [0.5, 0.6) is 5.75 Å². The van der Waals surface area contributed by atoms with Crippen molar-refractivity contribution in [2.75, 3.05) is 13.7 Å². The Balaban J connectivity index is 1.69. The highest BCUT2D eigenvalue weighted by molar-refractivity contribution is 6.32. The minimum absolute atomic E-state index is 0.653. The number of hydrogen-bond donors (Lipinski definition) is 1. The van der Waals surface area contributed by atoms with Crippen LogP contribution in [0.3, 0.4) is 0 Å². The number of ether oxygens (including phenoxy) is 1. The third kappa shape index (κ3) is 4.26. The molecule has 0 amide bonds. The van der Waals surface area contributed by atoms with Gasteiger partial charge in [0, 0.05) is 25.5 Å². The molecule has 1 aromatic heterocycles. The number of imidazole rings is 1. The molecule has 0 spiro atoms. The van der Waals surface area contributed by atoms with Crippen molar-refractivity contribution in [1.29, 1.82) is 0 Å². The number of nitrogens with one attached hydrogen (secondary N) is 1. The Morgan fingerprint density at radius 1 is 1.42 bits per heavy atom. The number of nitrogens with zero attached hydrogens (tertiary/aromatic N) is 2. The summed E-state index contributed by atoms with van der Waals surface area (Å²) in [7, 11) is 1.62. The minimum atomic E-state index is 0.653. The van der Waals surface area contributed by atoms with Gasteiger partial charge in [0.05, 0.1) is 18.5 Å². The Morgan fingerprint density at radius 2 is 2.32 bits per heavy atom. The molecule has 0 fully saturated rings. The van der Waals surface area contributed by atoms with Crippen molar-refractivity contribution >= 4 is 11.6 Å². The molecule has 0 bridgehead atoms. The zero-order valence-electron chi connectivity index (χ0n) is 11.0. The van der Waals surface area contributed by atoms with Gasteiger partial charge in [-0.15, -0.1) is 0 Å². The molecule has 0 saturated carbocycles. The minimum Gasteiger partial charge on any atom is -0.495 e. The van der Waals surface area contributed by atoms with E-state index in [2.05, 4.69) is 14.9 Å². The lowest BCUT2D eigenvalue weighted by atomic mass is 10.2. The molecule has 19 heavy (non-hydrogen) atoms. The highest BCUT2D eigenvalue weighted by Gasteiger charge is 2.01. The van der Waals surface area contributed by atoms with Crippen LogP contribution < -0.4 is 10.1 Å². The van der Waals surface area contributed by atoms with E-state index in [0.29, 0.717) is 10.8 Å². The van der Waals surface area contributed by atoms with E-state index in [1.807, 2.05) is 30.7 Å². The van der Waals surface area contributed by atoms with Crippen LogP contribution in [0.1, 0.15) is 12.0 Å². The summed E-state index contributed by atoms with van der Waals surface area (Å²) in [6.45, 7) is 2.76. The van der Waals surface area contributed by atoms with Gasteiger partial charge in [0.2, 0.25) is 0 Å². The fraction of sp³-hybridized carbons (Fsp3) is 0.357. The maximum Gasteiger partial charge on any atom is 0.137 e. The van der Waals surface area contributed by atoms with Gasteiger partial charge in [-0.3, -0.25) is 0 Å². The van der Waals surface area contributed by atoms with Crippen molar-refractivity contribution < 1.29 is 4.74 Å². The van der Waals surface area contributed by atoms with Crippen molar-refractivity contribution in [3.8, 4) is 5.75 Å². The molecule has 0 radical (unpaired) electrons. The lowest BCUT2D eigenvalue weighted by molar-refractivity contribution is 0.415. The molecule has 0 aliphatic rings. The molecule has 102 valence electrons. The van der Waals surface area contributed by atoms with Crippen LogP contribution in [0, 0.1) is 0 Å². The summed E-state index contributed by atoms with van der Waals surface area (Å²) in [5.74, 6) is 0.713. The van der Waals surface area contributed by atoms with Crippen molar-refractivity contribution in [2.45, 2.75) is 19.5 Å². The van der Waals surface area contributed by atoms with E-state index >= 15 is 0 Å². The van der Waals surface area contributed by atoms with Crippen LogP contribution in [-0.2, 0) is 13.1 Å². The standard InChI is InChI=1S/C14H18ClN3O/c1-19-14-4-3-12(9-13(14)15)10-16-5-2-7-18-8-6-17-11-18/h3-4,6,8-9,11,16H,2,5,7,10H2,1H3. The third-order valence-electron chi connectivity index (χ3n) is 2.87. The lowest BCUT2D eigenvalue weighted by Crippen LogP contribution is -2.16. The maximum atomic E-state index is 6.07. The Labute approximate surface area is 118 Å². The fourth-order valence-corrected chi connectivity index (χ4v) is 2.14. The van der Waals surface area contributed by atoms with Crippen LogP contribution in [0.15, 0.2) is 36.9 Å². The third-order valence-corrected chi connectivity index (χ3v) is 3.17. The second-order valence-corrected chi connectivity index (χ2v) is 4.71. The fourth-order valence-electron chi connectivity index (χ4n) is 1.86. The summed E-state index contributed by atoms with van der Waals surface area (Å²) < 4.78 is 7.20. The zero-order chi connectivity index (χ0) is 13.5. The van der Waals surface area contributed by atoms with Crippen LogP contribution in [0.2, 0.25) is 5.02 Å². The molecule has 2 rings (SSSR count). The Hall–Kier alpha value is -1.52. The molecule has 0 saturated heterocycles. The summed E-state index contributed by atoms with van der Waals surface area (Å²) in [5, 5.41) is 4.05. The van der Waals surface area contributed by atoms with Crippen LogP contribution in [0.4, 0.5) is 0 Å². The van der Waals surface area contributed by atoms with Crippen LogP contribution >= 0.6 is 11.6 Å². The number of hydrogen-bond acceptors (Lipinski definition) is 3. The van der Waals surface area contributed by atoms with Gasteiger partial charge < -0.3 is 14.6 Å². The summed E-state index contributed by atoms with van der Waals surface area (Å²) in [6.07, 6.45) is 6.68. The lowest BCUT2D eigenvalue weighted by Gasteiger charge is -2.08. The molecule has 0 aliphatic heterocycles. The maximum absolute atomic E-state index is 6.07. The van der Waals surface area contributed by atoms with E-state index < -0.39 is 0 Å². The van der Waals surface area contributed by atoms with Crippen molar-refractivity contribution in [1.82, 2.24) is 14.9 Å². The predicted octanol–water partition coefficient (Wildman–Crippen LogP) is 2.73. The normalized spacial score (nSPS) is 10.6. The summed E-state index contributed by atoms with van der Waals surface area (Å²) in [6, 6.07) is 5.85. The molecule has 0 atom stereocenters. The van der Waals surface area contributed by atoms with E-state index in [1.54, 1.807) is 13.3 Å². The topological polar surface area (TPSA) is 39.1 Å². The number of rotatable bonds is 7. The molecule has 1 heterocycles. The molecule has 0 unspecified atom stereocenters. The van der Waals surface area contributed by atoms with Gasteiger partial charge in [-0.05, 0) is 30.7 Å². The average molecular weight is 280 g/mol. The van der Waals surface area contributed by atoms with E-state index in [0.717, 1.165) is 31.6 Å². The van der Waals surface area contributed by atoms with Crippen LogP contribution in [0.25, 0.3) is 0 Å². The molecule has 4 nitrogen and oxygen atoms in total. The smallest absolute Gasteiger partial charge is 0.137 e. The molecular formula is C14H18ClN3O. The van der Waals surface area contributed by atoms with E-state index in [4.69, 9.17) is 16.3 Å². The number of methoxy groups -OCH3 is 1. The van der Waals surface area contributed by atoms with Gasteiger partial charge >= 0.3 is 0 Å². The Bertz CT molecular complexity index is 499. The van der Waals surface area contributed by atoms with E-state index in [1.165, 1.54) is 0 Å². The van der Waals surface area contributed by atoms with E-state index in [9.17, 15) is 0 Å². The monoisotopic (exact) mass is 279 g/mol. The highest BCUT2D eigenvalue weighted by atomic mass is 35.5. The number of halogens is 1. The number of benzene rings is 1. The highest BCUT2D eigenvalue weighted by Crippen LogP contribution is 2.24. The van der Waals surface area contributed by atoms with Crippen molar-refractivity contribution in [3.05, 3.63) is 47.5 Å². The summed E-state index contributed by atoms with van der Waals surface area (Å²) in [4.78, 5) is 4.01. The quantitative estimate of drug-likeness (QED) is 0.792. The SMILES string of the molecule is COc1ccc(CNCCCn2ccnc2)cc1Cl. The molecule has 0 aliphatic carbocycles. The van der Waals surface area contributed by atoms with Crippen molar-refractivity contribution in [3.63, 3.8) is 0 Å². The molecular weight excluding hydrogens is 262 g/mol. The number of aryl methyl sites for hydroxylation is 1. The van der Waals surface area contributed by atoms with Crippen LogP contribution in [-0.4, -0.2) is 23.2 Å². The Kier molecular flexibility index (Phi) is 5.24. The molecule has 1 N–H and O–H groups in total. The second kappa shape index (κ2) is 7.16. The van der Waals surface area contributed by atoms with Crippen molar-refractivity contribution in [2.24, 2.45) is 0 Å².